The highest BCUT2D eigenvalue weighted by molar-refractivity contribution is 6.07. The third-order valence-electron chi connectivity index (χ3n) is 4.51. The molecular weight excluding hydrogens is 410 g/mol. The topological polar surface area (TPSA) is 101 Å². The number of alkyl halides is 2. The molecular formula is C21H20F2N4O4. The van der Waals surface area contributed by atoms with E-state index in [9.17, 15) is 13.6 Å². The fraction of sp³-hybridized carbons (Fsp3) is 0.238. The lowest BCUT2D eigenvalue weighted by atomic mass is 10.1. The van der Waals surface area contributed by atoms with E-state index in [1.807, 2.05) is 6.92 Å². The summed E-state index contributed by atoms with van der Waals surface area (Å²) in [6.07, 6.45) is -2.18. The third-order valence-corrected chi connectivity index (χ3v) is 4.51. The molecule has 10 heteroatoms. The van der Waals surface area contributed by atoms with Crippen LogP contribution >= 0.6 is 0 Å². The largest absolute Gasteiger partial charge is 0.586 e. The third kappa shape index (κ3) is 4.29. The molecule has 0 saturated heterocycles. The molecule has 0 unspecified atom stereocenters. The summed E-state index contributed by atoms with van der Waals surface area (Å²) in [5.74, 6) is -0.573. The second kappa shape index (κ2) is 7.88. The van der Waals surface area contributed by atoms with Gasteiger partial charge in [-0.2, -0.15) is 5.10 Å². The molecule has 4 rings (SSSR count). The van der Waals surface area contributed by atoms with Crippen molar-refractivity contribution in [3.8, 4) is 28.5 Å². The summed E-state index contributed by atoms with van der Waals surface area (Å²) >= 11 is 0. The number of nitrogens with zero attached hydrogens (tertiary/aromatic N) is 2. The van der Waals surface area contributed by atoms with Crippen molar-refractivity contribution in [2.24, 2.45) is 12.8 Å². The predicted molar refractivity (Wildman–Crippen MR) is 108 cm³/mol. The molecule has 31 heavy (non-hydrogen) atoms. The number of ether oxygens (including phenoxy) is 3. The number of carbonyl (C=O) groups excluding carboxylic acids is 1. The predicted octanol–water partition coefficient (Wildman–Crippen LogP) is 3.39. The van der Waals surface area contributed by atoms with Crippen molar-refractivity contribution in [1.29, 1.82) is 0 Å². The summed E-state index contributed by atoms with van der Waals surface area (Å²) in [6, 6.07) is 10.8. The fourth-order valence-electron chi connectivity index (χ4n) is 3.14. The lowest BCUT2D eigenvalue weighted by molar-refractivity contribution is -0.286. The van der Waals surface area contributed by atoms with Crippen molar-refractivity contribution in [2.75, 3.05) is 11.9 Å². The lowest BCUT2D eigenvalue weighted by Gasteiger charge is -2.15. The van der Waals surface area contributed by atoms with Gasteiger partial charge < -0.3 is 25.3 Å². The SMILES string of the molecule is C[C@H](N)COc1ccc(NC(=O)c2cccc3c2OC(F)(F)O3)cc1-c1ccnn1C. The molecule has 3 N–H and O–H groups in total. The molecule has 1 aromatic heterocycles. The number of anilines is 1. The van der Waals surface area contributed by atoms with Crippen LogP contribution in [0, 0.1) is 0 Å². The summed E-state index contributed by atoms with van der Waals surface area (Å²) in [7, 11) is 1.78. The van der Waals surface area contributed by atoms with E-state index in [2.05, 4.69) is 19.9 Å². The van der Waals surface area contributed by atoms with Crippen LogP contribution in [0.15, 0.2) is 48.7 Å². The van der Waals surface area contributed by atoms with Crippen LogP contribution in [0.5, 0.6) is 17.2 Å². The molecule has 0 saturated carbocycles. The van der Waals surface area contributed by atoms with Gasteiger partial charge in [0, 0.05) is 30.5 Å². The van der Waals surface area contributed by atoms with Gasteiger partial charge in [0.25, 0.3) is 5.91 Å². The number of carbonyl (C=O) groups is 1. The van der Waals surface area contributed by atoms with Crippen molar-refractivity contribution in [1.82, 2.24) is 9.78 Å². The van der Waals surface area contributed by atoms with Crippen LogP contribution in [0.3, 0.4) is 0 Å². The highest BCUT2D eigenvalue weighted by Gasteiger charge is 2.45. The zero-order chi connectivity index (χ0) is 22.2. The van der Waals surface area contributed by atoms with Crippen LogP contribution in [-0.2, 0) is 7.05 Å². The van der Waals surface area contributed by atoms with Crippen LogP contribution in [-0.4, -0.2) is 34.6 Å². The van der Waals surface area contributed by atoms with Crippen LogP contribution < -0.4 is 25.3 Å². The molecule has 8 nitrogen and oxygen atoms in total. The molecule has 1 aliphatic heterocycles. The Balaban J connectivity index is 1.64. The number of amides is 1. The number of rotatable bonds is 6. The van der Waals surface area contributed by atoms with E-state index in [1.165, 1.54) is 18.2 Å². The number of nitrogens with two attached hydrogens (primary N) is 1. The first-order chi connectivity index (χ1) is 14.7. The minimum Gasteiger partial charge on any atom is -0.491 e. The Morgan fingerprint density at radius 1 is 1.29 bits per heavy atom. The first-order valence-electron chi connectivity index (χ1n) is 9.44. The maximum atomic E-state index is 13.4. The van der Waals surface area contributed by atoms with Gasteiger partial charge in [-0.15, -0.1) is 8.78 Å². The Morgan fingerprint density at radius 3 is 2.81 bits per heavy atom. The van der Waals surface area contributed by atoms with Crippen molar-refractivity contribution < 1.29 is 27.8 Å². The first kappa shape index (κ1) is 20.6. The molecule has 1 amide bonds. The summed E-state index contributed by atoms with van der Waals surface area (Å²) in [6.45, 7) is 2.13. The summed E-state index contributed by atoms with van der Waals surface area (Å²) in [4.78, 5) is 12.8. The average molecular weight is 430 g/mol. The van der Waals surface area contributed by atoms with E-state index in [0.717, 1.165) is 5.69 Å². The number of hydrogen-bond donors (Lipinski definition) is 2. The van der Waals surface area contributed by atoms with E-state index in [-0.39, 0.29) is 23.1 Å². The normalized spacial score (nSPS) is 14.9. The van der Waals surface area contributed by atoms with Gasteiger partial charge in [0.05, 0.1) is 11.3 Å². The molecule has 0 bridgehead atoms. The number of aromatic nitrogens is 2. The Morgan fingerprint density at radius 2 is 2.10 bits per heavy atom. The summed E-state index contributed by atoms with van der Waals surface area (Å²) in [5, 5.41) is 6.87. The van der Waals surface area contributed by atoms with Gasteiger partial charge in [-0.1, -0.05) is 6.07 Å². The van der Waals surface area contributed by atoms with E-state index in [0.29, 0.717) is 23.6 Å². The number of halogens is 2. The quantitative estimate of drug-likeness (QED) is 0.622. The van der Waals surface area contributed by atoms with Crippen molar-refractivity contribution in [3.63, 3.8) is 0 Å². The maximum absolute atomic E-state index is 13.4. The van der Waals surface area contributed by atoms with Gasteiger partial charge in [-0.25, -0.2) is 0 Å². The van der Waals surface area contributed by atoms with Crippen molar-refractivity contribution in [2.45, 2.75) is 19.3 Å². The molecule has 0 spiro atoms. The smallest absolute Gasteiger partial charge is 0.491 e. The number of nitrogens with one attached hydrogen (secondary N) is 1. The summed E-state index contributed by atoms with van der Waals surface area (Å²) < 4.78 is 43.2. The van der Waals surface area contributed by atoms with Crippen LogP contribution in [0.2, 0.25) is 0 Å². The van der Waals surface area contributed by atoms with Crippen molar-refractivity contribution >= 4 is 11.6 Å². The molecule has 162 valence electrons. The molecule has 0 fully saturated rings. The number of aryl methyl sites for hydroxylation is 1. The van der Waals surface area contributed by atoms with Gasteiger partial charge in [-0.3, -0.25) is 9.48 Å². The minimum absolute atomic E-state index is 0.0750. The zero-order valence-electron chi connectivity index (χ0n) is 16.8. The van der Waals surface area contributed by atoms with E-state index < -0.39 is 12.2 Å². The van der Waals surface area contributed by atoms with E-state index in [1.54, 1.807) is 42.2 Å². The van der Waals surface area contributed by atoms with Crippen LogP contribution in [0.25, 0.3) is 11.3 Å². The number of para-hydroxylation sites is 1. The molecule has 1 atom stereocenters. The van der Waals surface area contributed by atoms with E-state index in [4.69, 9.17) is 10.5 Å². The molecule has 2 aromatic carbocycles. The van der Waals surface area contributed by atoms with Gasteiger partial charge in [-0.05, 0) is 43.3 Å². The Hall–Kier alpha value is -3.66. The number of hydrogen-bond acceptors (Lipinski definition) is 6. The molecule has 0 radical (unpaired) electrons. The monoisotopic (exact) mass is 430 g/mol. The van der Waals surface area contributed by atoms with Gasteiger partial charge in [0.2, 0.25) is 0 Å². The second-order valence-electron chi connectivity index (χ2n) is 7.09. The highest BCUT2D eigenvalue weighted by Crippen LogP contribution is 2.43. The zero-order valence-corrected chi connectivity index (χ0v) is 16.8. The lowest BCUT2D eigenvalue weighted by Crippen LogP contribution is -2.26. The number of benzene rings is 2. The first-order valence-corrected chi connectivity index (χ1v) is 9.44. The van der Waals surface area contributed by atoms with Crippen LogP contribution in [0.1, 0.15) is 17.3 Å². The molecule has 3 aromatic rings. The summed E-state index contributed by atoms with van der Waals surface area (Å²) in [5.41, 5.74) is 7.58. The Bertz CT molecular complexity index is 1130. The maximum Gasteiger partial charge on any atom is 0.586 e. The van der Waals surface area contributed by atoms with Gasteiger partial charge in [0.15, 0.2) is 11.5 Å². The highest BCUT2D eigenvalue weighted by atomic mass is 19.3. The molecule has 2 heterocycles. The Kier molecular flexibility index (Phi) is 5.24. The number of fused-ring (bicyclic) bond motifs is 1. The van der Waals surface area contributed by atoms with Gasteiger partial charge >= 0.3 is 6.29 Å². The average Bonchev–Trinajstić information content (AvgIpc) is 3.27. The van der Waals surface area contributed by atoms with Crippen LogP contribution in [0.4, 0.5) is 14.5 Å². The minimum atomic E-state index is -3.81. The Labute approximate surface area is 176 Å². The molecule has 1 aliphatic rings. The van der Waals surface area contributed by atoms with Crippen molar-refractivity contribution in [3.05, 3.63) is 54.2 Å². The van der Waals surface area contributed by atoms with E-state index >= 15 is 0 Å². The standard InChI is InChI=1S/C21H20F2N4O4/c1-12(24)11-29-17-7-6-13(10-15(17)16-8-9-25-27(16)2)26-20(28)14-4-3-5-18-19(14)31-21(22,23)30-18/h3-10,12H,11,24H2,1-2H3,(H,26,28)/t12-/m0/s1. The van der Waals surface area contributed by atoms with Gasteiger partial charge in [0.1, 0.15) is 12.4 Å². The second-order valence-corrected chi connectivity index (χ2v) is 7.09. The molecule has 0 aliphatic carbocycles. The fourth-order valence-corrected chi connectivity index (χ4v) is 3.14.